The lowest BCUT2D eigenvalue weighted by Gasteiger charge is -2.32. The molecule has 5 rings (SSSR count). The standard InChI is InChI=1S/C23H28N6O2.2C2HF3O2/c30-20(19-5-1-2-9-24-19)28-12-3-8-23(21(31)27-13-17-6-7-17)16-29(15-18(23)14-28)22-25-10-4-11-26-22;2*3-2(4,5)1(6)7/h1-2,4-5,9-11,17-18H,3,6-8,12-16H2,(H,27,31);2*(H,6,7)/t18-,23+;;/m0../s1. The SMILES string of the molecule is O=C(O)C(F)(F)F.O=C(O)C(F)(F)F.O=C(c1ccccn1)N1CCC[C@@]2(C(=O)NCC3CC3)CN(c3ncccn3)C[C@@H]2C1. The highest BCUT2D eigenvalue weighted by atomic mass is 19.4. The van der Waals surface area contributed by atoms with E-state index in [2.05, 4.69) is 25.2 Å². The first-order valence-electron chi connectivity index (χ1n) is 13.7. The molecule has 45 heavy (non-hydrogen) atoms. The molecule has 1 saturated carbocycles. The number of anilines is 1. The quantitative estimate of drug-likeness (QED) is 0.411. The van der Waals surface area contributed by atoms with Gasteiger partial charge in [-0.05, 0) is 49.8 Å². The molecule has 3 fully saturated rings. The van der Waals surface area contributed by atoms with Crippen molar-refractivity contribution in [3.8, 4) is 0 Å². The van der Waals surface area contributed by atoms with Crippen molar-refractivity contribution in [3.05, 3.63) is 48.5 Å². The van der Waals surface area contributed by atoms with E-state index in [0.29, 0.717) is 43.7 Å². The highest BCUT2D eigenvalue weighted by Gasteiger charge is 2.54. The number of carbonyl (C=O) groups excluding carboxylic acids is 2. The van der Waals surface area contributed by atoms with Crippen molar-refractivity contribution in [1.29, 1.82) is 0 Å². The molecule has 2 atom stereocenters. The molecule has 1 aliphatic carbocycles. The number of nitrogens with zero attached hydrogens (tertiary/aromatic N) is 5. The molecule has 3 aliphatic rings. The van der Waals surface area contributed by atoms with Crippen molar-refractivity contribution < 1.29 is 55.7 Å². The summed E-state index contributed by atoms with van der Waals surface area (Å²) in [6.45, 7) is 3.18. The number of rotatable bonds is 5. The van der Waals surface area contributed by atoms with Gasteiger partial charge in [0.25, 0.3) is 5.91 Å². The third kappa shape index (κ3) is 9.74. The fourth-order valence-electron chi connectivity index (χ4n) is 4.98. The Morgan fingerprint density at radius 1 is 0.889 bits per heavy atom. The van der Waals surface area contributed by atoms with Crippen LogP contribution in [-0.2, 0) is 14.4 Å². The number of alkyl halides is 6. The number of hydrogen-bond donors (Lipinski definition) is 3. The van der Waals surface area contributed by atoms with Gasteiger partial charge in [0.1, 0.15) is 5.69 Å². The summed E-state index contributed by atoms with van der Waals surface area (Å²) in [5.41, 5.74) is -0.0813. The number of pyridine rings is 1. The normalized spacial score (nSPS) is 21.2. The second-order valence-corrected chi connectivity index (χ2v) is 10.6. The van der Waals surface area contributed by atoms with E-state index in [0.717, 1.165) is 19.4 Å². The highest BCUT2D eigenvalue weighted by Crippen LogP contribution is 2.44. The van der Waals surface area contributed by atoms with Crippen LogP contribution in [0, 0.1) is 17.3 Å². The van der Waals surface area contributed by atoms with E-state index >= 15 is 0 Å². The molecule has 12 nitrogen and oxygen atoms in total. The van der Waals surface area contributed by atoms with Crippen LogP contribution in [0.15, 0.2) is 42.9 Å². The van der Waals surface area contributed by atoms with Gasteiger partial charge in [0.2, 0.25) is 11.9 Å². The molecule has 2 aromatic rings. The van der Waals surface area contributed by atoms with Gasteiger partial charge in [-0.2, -0.15) is 26.3 Å². The van der Waals surface area contributed by atoms with Crippen LogP contribution >= 0.6 is 0 Å². The summed E-state index contributed by atoms with van der Waals surface area (Å²) < 4.78 is 63.5. The van der Waals surface area contributed by atoms with Crippen LogP contribution in [0.5, 0.6) is 0 Å². The first kappa shape index (κ1) is 35.0. The van der Waals surface area contributed by atoms with Gasteiger partial charge in [0.05, 0.1) is 5.41 Å². The molecule has 2 saturated heterocycles. The monoisotopic (exact) mass is 648 g/mol. The molecule has 2 amide bonds. The van der Waals surface area contributed by atoms with E-state index in [1.807, 2.05) is 17.0 Å². The number of amides is 2. The molecule has 2 aromatic heterocycles. The lowest BCUT2D eigenvalue weighted by molar-refractivity contribution is -0.193. The number of hydrogen-bond acceptors (Lipinski definition) is 8. The van der Waals surface area contributed by atoms with E-state index in [4.69, 9.17) is 19.8 Å². The molecular weight excluding hydrogens is 618 g/mol. The van der Waals surface area contributed by atoms with Gasteiger partial charge in [0.15, 0.2) is 0 Å². The second-order valence-electron chi connectivity index (χ2n) is 10.6. The number of likely N-dealkylation sites (tertiary alicyclic amines) is 1. The van der Waals surface area contributed by atoms with Crippen LogP contribution in [-0.4, -0.2) is 98.9 Å². The van der Waals surface area contributed by atoms with Gasteiger partial charge in [0, 0.05) is 57.2 Å². The van der Waals surface area contributed by atoms with Gasteiger partial charge >= 0.3 is 24.3 Å². The Morgan fingerprint density at radius 2 is 1.47 bits per heavy atom. The van der Waals surface area contributed by atoms with Crippen LogP contribution in [0.25, 0.3) is 0 Å². The van der Waals surface area contributed by atoms with Crippen LogP contribution in [0.3, 0.4) is 0 Å². The lowest BCUT2D eigenvalue weighted by Crippen LogP contribution is -2.48. The molecule has 18 heteroatoms. The largest absolute Gasteiger partial charge is 0.490 e. The summed E-state index contributed by atoms with van der Waals surface area (Å²) in [7, 11) is 0. The number of nitrogens with one attached hydrogen (secondary N) is 1. The Bertz CT molecular complexity index is 1310. The van der Waals surface area contributed by atoms with Crippen LogP contribution in [0.1, 0.15) is 36.2 Å². The van der Waals surface area contributed by atoms with Crippen molar-refractivity contribution in [2.75, 3.05) is 37.6 Å². The minimum absolute atomic E-state index is 0.0191. The number of fused-ring (bicyclic) bond motifs is 1. The van der Waals surface area contributed by atoms with Crippen molar-refractivity contribution in [2.45, 2.75) is 38.0 Å². The Kier molecular flexibility index (Phi) is 11.3. The number of aliphatic carboxylic acids is 2. The van der Waals surface area contributed by atoms with Crippen LogP contribution in [0.2, 0.25) is 0 Å². The molecule has 0 bridgehead atoms. The van der Waals surface area contributed by atoms with Gasteiger partial charge in [-0.3, -0.25) is 14.6 Å². The smallest absolute Gasteiger partial charge is 0.475 e. The number of carbonyl (C=O) groups is 4. The number of halogens is 6. The van der Waals surface area contributed by atoms with Gasteiger partial charge in [-0.25, -0.2) is 19.6 Å². The molecule has 0 spiro atoms. The maximum absolute atomic E-state index is 13.5. The van der Waals surface area contributed by atoms with E-state index in [1.165, 1.54) is 12.8 Å². The molecule has 2 aliphatic heterocycles. The fourth-order valence-corrected chi connectivity index (χ4v) is 4.98. The summed E-state index contributed by atoms with van der Waals surface area (Å²) >= 11 is 0. The lowest BCUT2D eigenvalue weighted by atomic mass is 9.74. The van der Waals surface area contributed by atoms with E-state index in [-0.39, 0.29) is 17.7 Å². The van der Waals surface area contributed by atoms with Crippen molar-refractivity contribution >= 4 is 29.7 Å². The van der Waals surface area contributed by atoms with Gasteiger partial charge in [-0.1, -0.05) is 6.07 Å². The summed E-state index contributed by atoms with van der Waals surface area (Å²) in [4.78, 5) is 61.5. The Morgan fingerprint density at radius 3 is 1.98 bits per heavy atom. The first-order chi connectivity index (χ1) is 21.0. The fraction of sp³-hybridized carbons (Fsp3) is 0.519. The molecule has 4 heterocycles. The second kappa shape index (κ2) is 14.5. The van der Waals surface area contributed by atoms with E-state index in [9.17, 15) is 35.9 Å². The summed E-state index contributed by atoms with van der Waals surface area (Å²) in [6, 6.07) is 7.19. The molecule has 0 aromatic carbocycles. The van der Waals surface area contributed by atoms with Crippen LogP contribution in [0.4, 0.5) is 32.3 Å². The molecular formula is C27H30F6N6O6. The summed E-state index contributed by atoms with van der Waals surface area (Å²) in [5.74, 6) is -4.17. The number of carboxylic acid groups (broad SMARTS) is 2. The number of aromatic nitrogens is 3. The maximum Gasteiger partial charge on any atom is 0.490 e. The average Bonchev–Trinajstić information content (AvgIpc) is 3.78. The summed E-state index contributed by atoms with van der Waals surface area (Å²) in [5, 5.41) is 17.5. The zero-order chi connectivity index (χ0) is 33.4. The molecule has 3 N–H and O–H groups in total. The van der Waals surface area contributed by atoms with Gasteiger partial charge < -0.3 is 25.3 Å². The average molecular weight is 649 g/mol. The first-order valence-corrected chi connectivity index (χ1v) is 13.7. The van der Waals surface area contributed by atoms with Crippen molar-refractivity contribution in [2.24, 2.45) is 17.3 Å². The zero-order valence-electron chi connectivity index (χ0n) is 23.6. The number of carboxylic acids is 2. The van der Waals surface area contributed by atoms with Crippen LogP contribution < -0.4 is 10.2 Å². The third-order valence-electron chi connectivity index (χ3n) is 7.38. The Labute approximate surface area is 252 Å². The zero-order valence-corrected chi connectivity index (χ0v) is 23.6. The molecule has 0 radical (unpaired) electrons. The Balaban J connectivity index is 0.000000331. The summed E-state index contributed by atoms with van der Waals surface area (Å²) in [6.07, 6.45) is -1.12. The maximum atomic E-state index is 13.5. The molecule has 246 valence electrons. The van der Waals surface area contributed by atoms with Gasteiger partial charge in [-0.15, -0.1) is 0 Å². The third-order valence-corrected chi connectivity index (χ3v) is 7.38. The Hall–Kier alpha value is -4.51. The van der Waals surface area contributed by atoms with Crippen molar-refractivity contribution in [1.82, 2.24) is 25.2 Å². The highest BCUT2D eigenvalue weighted by molar-refractivity contribution is 5.92. The predicted molar refractivity (Wildman–Crippen MR) is 143 cm³/mol. The minimum Gasteiger partial charge on any atom is -0.475 e. The van der Waals surface area contributed by atoms with E-state index in [1.54, 1.807) is 30.7 Å². The van der Waals surface area contributed by atoms with Crippen molar-refractivity contribution in [3.63, 3.8) is 0 Å². The molecule has 0 unspecified atom stereocenters. The minimum atomic E-state index is -5.08. The predicted octanol–water partition coefficient (Wildman–Crippen LogP) is 3.02. The van der Waals surface area contributed by atoms with E-state index < -0.39 is 29.7 Å². The topological polar surface area (TPSA) is 166 Å².